The van der Waals surface area contributed by atoms with Gasteiger partial charge in [0.25, 0.3) is 0 Å². The van der Waals surface area contributed by atoms with Crippen molar-refractivity contribution in [1.82, 2.24) is 10.6 Å². The minimum absolute atomic E-state index is 0.0374. The van der Waals surface area contributed by atoms with Crippen molar-refractivity contribution < 1.29 is 9.53 Å². The van der Waals surface area contributed by atoms with Crippen molar-refractivity contribution in [3.63, 3.8) is 0 Å². The second-order valence-corrected chi connectivity index (χ2v) is 4.88. The molecule has 0 aromatic carbocycles. The van der Waals surface area contributed by atoms with Crippen molar-refractivity contribution in [3.05, 3.63) is 0 Å². The fourth-order valence-corrected chi connectivity index (χ4v) is 2.66. The number of methoxy groups -OCH3 is 1. The van der Waals surface area contributed by atoms with Crippen LogP contribution in [0.2, 0.25) is 0 Å². The predicted molar refractivity (Wildman–Crippen MR) is 62.2 cm³/mol. The number of carbonyl (C=O) groups is 1. The summed E-state index contributed by atoms with van der Waals surface area (Å²) in [6, 6.07) is 0.358. The second-order valence-electron chi connectivity index (χ2n) is 4.88. The van der Waals surface area contributed by atoms with E-state index in [0.717, 1.165) is 38.6 Å². The predicted octanol–water partition coefficient (Wildman–Crippen LogP) is 0.812. The lowest BCUT2D eigenvalue weighted by molar-refractivity contribution is -0.124. The Morgan fingerprint density at radius 1 is 1.31 bits per heavy atom. The highest BCUT2D eigenvalue weighted by Gasteiger charge is 2.28. The number of ether oxygens (including phenoxy) is 1. The van der Waals surface area contributed by atoms with Crippen LogP contribution in [-0.2, 0) is 9.53 Å². The molecule has 3 unspecified atom stereocenters. The van der Waals surface area contributed by atoms with Gasteiger partial charge in [-0.2, -0.15) is 0 Å². The zero-order valence-electron chi connectivity index (χ0n) is 10.00. The summed E-state index contributed by atoms with van der Waals surface area (Å²) < 4.78 is 5.30. The quantitative estimate of drug-likeness (QED) is 0.749. The molecule has 0 aromatic rings. The molecular formula is C12H22N2O2. The minimum Gasteiger partial charge on any atom is -0.381 e. The number of carbonyl (C=O) groups excluding carboxylic acids is 1. The van der Waals surface area contributed by atoms with Gasteiger partial charge < -0.3 is 15.4 Å². The summed E-state index contributed by atoms with van der Waals surface area (Å²) in [6.07, 6.45) is 6.76. The summed E-state index contributed by atoms with van der Waals surface area (Å²) in [5.74, 6) is 0.182. The van der Waals surface area contributed by atoms with Crippen molar-refractivity contribution >= 4 is 5.91 Å². The largest absolute Gasteiger partial charge is 0.381 e. The molecule has 2 rings (SSSR count). The Bertz CT molecular complexity index is 239. The van der Waals surface area contributed by atoms with Gasteiger partial charge in [0.1, 0.15) is 0 Å². The van der Waals surface area contributed by atoms with Gasteiger partial charge in [-0.15, -0.1) is 0 Å². The summed E-state index contributed by atoms with van der Waals surface area (Å²) >= 11 is 0. The highest BCUT2D eigenvalue weighted by Crippen LogP contribution is 2.21. The lowest BCUT2D eigenvalue weighted by Crippen LogP contribution is -2.49. The van der Waals surface area contributed by atoms with Gasteiger partial charge in [0, 0.05) is 13.2 Å². The molecular weight excluding hydrogens is 204 g/mol. The molecule has 2 aliphatic rings. The lowest BCUT2D eigenvalue weighted by Gasteiger charge is -2.24. The number of amides is 1. The zero-order chi connectivity index (χ0) is 11.4. The van der Waals surface area contributed by atoms with Gasteiger partial charge in [-0.1, -0.05) is 6.42 Å². The summed E-state index contributed by atoms with van der Waals surface area (Å²) in [5, 5.41) is 6.41. The highest BCUT2D eigenvalue weighted by atomic mass is 16.5. The number of hydrogen-bond acceptors (Lipinski definition) is 3. The van der Waals surface area contributed by atoms with Gasteiger partial charge in [-0.25, -0.2) is 0 Å². The van der Waals surface area contributed by atoms with E-state index < -0.39 is 0 Å². The third kappa shape index (κ3) is 2.95. The normalized spacial score (nSPS) is 34.9. The van der Waals surface area contributed by atoms with Crippen molar-refractivity contribution in [2.45, 2.75) is 56.7 Å². The fraction of sp³-hybridized carbons (Fsp3) is 0.917. The van der Waals surface area contributed by atoms with Crippen LogP contribution in [0.5, 0.6) is 0 Å². The molecule has 4 nitrogen and oxygen atoms in total. The van der Waals surface area contributed by atoms with Gasteiger partial charge >= 0.3 is 0 Å². The molecule has 92 valence electrons. The highest BCUT2D eigenvalue weighted by molar-refractivity contribution is 5.82. The molecule has 0 radical (unpaired) electrons. The number of hydrogen-bond donors (Lipinski definition) is 2. The van der Waals surface area contributed by atoms with E-state index in [0.29, 0.717) is 12.1 Å². The van der Waals surface area contributed by atoms with Gasteiger partial charge in [-0.05, 0) is 38.6 Å². The van der Waals surface area contributed by atoms with E-state index in [-0.39, 0.29) is 11.9 Å². The number of nitrogens with one attached hydrogen (secondary N) is 2. The number of piperidine rings is 1. The molecule has 0 aromatic heterocycles. The summed E-state index contributed by atoms with van der Waals surface area (Å²) in [6.45, 7) is 0.976. The van der Waals surface area contributed by atoms with Crippen LogP contribution >= 0.6 is 0 Å². The van der Waals surface area contributed by atoms with Gasteiger partial charge in [0.2, 0.25) is 5.91 Å². The molecule has 0 bridgehead atoms. The van der Waals surface area contributed by atoms with E-state index in [4.69, 9.17) is 4.74 Å². The van der Waals surface area contributed by atoms with Gasteiger partial charge in [0.05, 0.1) is 12.1 Å². The van der Waals surface area contributed by atoms with Crippen molar-refractivity contribution in [2.24, 2.45) is 0 Å². The Balaban J connectivity index is 1.74. The molecule has 2 fully saturated rings. The molecule has 4 heteroatoms. The first-order valence-corrected chi connectivity index (χ1v) is 6.36. The molecule has 1 aliphatic heterocycles. The van der Waals surface area contributed by atoms with Crippen LogP contribution in [0.4, 0.5) is 0 Å². The second kappa shape index (κ2) is 5.64. The van der Waals surface area contributed by atoms with E-state index >= 15 is 0 Å². The fourth-order valence-electron chi connectivity index (χ4n) is 2.66. The molecule has 16 heavy (non-hydrogen) atoms. The van der Waals surface area contributed by atoms with Crippen LogP contribution in [0.3, 0.4) is 0 Å². The maximum Gasteiger partial charge on any atom is 0.237 e. The first-order valence-electron chi connectivity index (χ1n) is 6.36. The topological polar surface area (TPSA) is 50.4 Å². The lowest BCUT2D eigenvalue weighted by atomic mass is 10.0. The van der Waals surface area contributed by atoms with E-state index in [1.54, 1.807) is 7.11 Å². The zero-order valence-corrected chi connectivity index (χ0v) is 10.00. The molecule has 3 atom stereocenters. The Morgan fingerprint density at radius 2 is 2.19 bits per heavy atom. The Labute approximate surface area is 97.1 Å². The van der Waals surface area contributed by atoms with Crippen LogP contribution in [0.25, 0.3) is 0 Å². The minimum atomic E-state index is 0.0374. The van der Waals surface area contributed by atoms with Crippen LogP contribution in [0, 0.1) is 0 Å². The summed E-state index contributed by atoms with van der Waals surface area (Å²) in [4.78, 5) is 11.9. The van der Waals surface area contributed by atoms with E-state index in [1.165, 1.54) is 6.42 Å². The molecule has 1 heterocycles. The maximum absolute atomic E-state index is 11.9. The van der Waals surface area contributed by atoms with E-state index in [2.05, 4.69) is 10.6 Å². The average Bonchev–Trinajstić information content (AvgIpc) is 2.78. The molecule has 0 spiro atoms. The van der Waals surface area contributed by atoms with Crippen LogP contribution in [-0.4, -0.2) is 37.7 Å². The summed E-state index contributed by atoms with van der Waals surface area (Å²) in [7, 11) is 1.75. The van der Waals surface area contributed by atoms with Crippen molar-refractivity contribution in [1.29, 1.82) is 0 Å². The Morgan fingerprint density at radius 3 is 2.81 bits per heavy atom. The SMILES string of the molecule is COC1CCC(NC(=O)C2CCCCN2)C1. The van der Waals surface area contributed by atoms with Crippen LogP contribution < -0.4 is 10.6 Å². The Kier molecular flexibility index (Phi) is 4.18. The average molecular weight is 226 g/mol. The monoisotopic (exact) mass is 226 g/mol. The van der Waals surface area contributed by atoms with Crippen molar-refractivity contribution in [3.8, 4) is 0 Å². The van der Waals surface area contributed by atoms with Crippen LogP contribution in [0.1, 0.15) is 38.5 Å². The molecule has 2 N–H and O–H groups in total. The molecule has 1 amide bonds. The van der Waals surface area contributed by atoms with Crippen molar-refractivity contribution in [2.75, 3.05) is 13.7 Å². The van der Waals surface area contributed by atoms with Gasteiger partial charge in [-0.3, -0.25) is 4.79 Å². The number of rotatable bonds is 3. The first kappa shape index (κ1) is 11.9. The molecule has 1 aliphatic carbocycles. The van der Waals surface area contributed by atoms with E-state index in [1.807, 2.05) is 0 Å². The van der Waals surface area contributed by atoms with E-state index in [9.17, 15) is 4.79 Å². The first-order chi connectivity index (χ1) is 7.79. The molecule has 1 saturated heterocycles. The smallest absolute Gasteiger partial charge is 0.237 e. The standard InChI is InChI=1S/C12H22N2O2/c1-16-10-6-5-9(8-10)14-12(15)11-4-2-3-7-13-11/h9-11,13H,2-8H2,1H3,(H,14,15). The van der Waals surface area contributed by atoms with Gasteiger partial charge in [0.15, 0.2) is 0 Å². The van der Waals surface area contributed by atoms with Crippen LogP contribution in [0.15, 0.2) is 0 Å². The third-order valence-electron chi connectivity index (χ3n) is 3.69. The Hall–Kier alpha value is -0.610. The third-order valence-corrected chi connectivity index (χ3v) is 3.69. The summed E-state index contributed by atoms with van der Waals surface area (Å²) in [5.41, 5.74) is 0. The maximum atomic E-state index is 11.9. The molecule has 1 saturated carbocycles.